The first-order chi connectivity index (χ1) is 9.74. The van der Waals surface area contributed by atoms with E-state index in [1.54, 1.807) is 11.3 Å². The molecule has 1 aliphatic heterocycles. The molecule has 0 aliphatic carbocycles. The molecule has 1 aromatic heterocycles. The minimum Gasteiger partial charge on any atom is -0.350 e. The van der Waals surface area contributed by atoms with Crippen LogP contribution in [0.5, 0.6) is 0 Å². The molecule has 4 heteroatoms. The number of amides is 1. The van der Waals surface area contributed by atoms with Gasteiger partial charge in [0.15, 0.2) is 0 Å². The Kier molecular flexibility index (Phi) is 3.85. The first-order valence-corrected chi connectivity index (χ1v) is 7.73. The number of carbonyl (C=O) groups is 1. The van der Waals surface area contributed by atoms with Crippen molar-refractivity contribution in [2.45, 2.75) is 32.5 Å². The van der Waals surface area contributed by atoms with E-state index in [4.69, 9.17) is 0 Å². The van der Waals surface area contributed by atoms with Gasteiger partial charge < -0.3 is 10.6 Å². The molecule has 3 rings (SSSR count). The van der Waals surface area contributed by atoms with Crippen LogP contribution in [-0.2, 0) is 24.3 Å². The van der Waals surface area contributed by atoms with Crippen LogP contribution in [0.2, 0.25) is 0 Å². The molecule has 1 amide bonds. The van der Waals surface area contributed by atoms with Gasteiger partial charge in [0.2, 0.25) is 5.91 Å². The van der Waals surface area contributed by atoms with Gasteiger partial charge in [0, 0.05) is 11.4 Å². The second kappa shape index (κ2) is 5.77. The fourth-order valence-electron chi connectivity index (χ4n) is 2.52. The molecule has 2 heterocycles. The molecule has 2 aromatic rings. The lowest BCUT2D eigenvalue weighted by Crippen LogP contribution is -2.47. The highest BCUT2D eigenvalue weighted by Crippen LogP contribution is 2.17. The van der Waals surface area contributed by atoms with Gasteiger partial charge in [0.1, 0.15) is 0 Å². The molecular weight excluding hydrogens is 268 g/mol. The number of aryl methyl sites for hydroxylation is 1. The Bertz CT molecular complexity index is 620. The van der Waals surface area contributed by atoms with Gasteiger partial charge in [0.05, 0.1) is 12.6 Å². The Morgan fingerprint density at radius 3 is 2.90 bits per heavy atom. The molecule has 2 N–H and O–H groups in total. The first-order valence-electron chi connectivity index (χ1n) is 6.85. The predicted molar refractivity (Wildman–Crippen MR) is 81.7 cm³/mol. The molecular formula is C16H18N2OS. The lowest BCUT2D eigenvalue weighted by Gasteiger charge is -2.25. The smallest absolute Gasteiger partial charge is 0.237 e. The normalized spacial score (nSPS) is 17.6. The van der Waals surface area contributed by atoms with Crippen molar-refractivity contribution in [1.29, 1.82) is 0 Å². The largest absolute Gasteiger partial charge is 0.350 e. The fraction of sp³-hybridized carbons (Fsp3) is 0.312. The average molecular weight is 286 g/mol. The molecule has 20 heavy (non-hydrogen) atoms. The van der Waals surface area contributed by atoms with Crippen LogP contribution in [0.15, 0.2) is 35.7 Å². The summed E-state index contributed by atoms with van der Waals surface area (Å²) in [4.78, 5) is 13.5. The minimum atomic E-state index is -0.120. The SMILES string of the molecule is Cc1ccsc1CNC(=O)[C@@H]1Cc2ccccc2CN1. The maximum Gasteiger partial charge on any atom is 0.237 e. The number of rotatable bonds is 3. The number of nitrogens with one attached hydrogen (secondary N) is 2. The van der Waals surface area contributed by atoms with Crippen molar-refractivity contribution in [2.24, 2.45) is 0 Å². The van der Waals surface area contributed by atoms with Crippen LogP contribution in [0, 0.1) is 6.92 Å². The highest BCUT2D eigenvalue weighted by molar-refractivity contribution is 7.10. The van der Waals surface area contributed by atoms with E-state index < -0.39 is 0 Å². The van der Waals surface area contributed by atoms with E-state index in [-0.39, 0.29) is 11.9 Å². The van der Waals surface area contributed by atoms with Crippen LogP contribution in [-0.4, -0.2) is 11.9 Å². The summed E-state index contributed by atoms with van der Waals surface area (Å²) in [5, 5.41) is 8.41. The minimum absolute atomic E-state index is 0.0901. The highest BCUT2D eigenvalue weighted by Gasteiger charge is 2.23. The Balaban J connectivity index is 1.60. The number of hydrogen-bond acceptors (Lipinski definition) is 3. The molecule has 0 saturated carbocycles. The molecule has 0 spiro atoms. The van der Waals surface area contributed by atoms with Crippen LogP contribution < -0.4 is 10.6 Å². The average Bonchev–Trinajstić information content (AvgIpc) is 2.89. The van der Waals surface area contributed by atoms with E-state index in [2.05, 4.69) is 41.1 Å². The van der Waals surface area contributed by atoms with Crippen LogP contribution >= 0.6 is 11.3 Å². The van der Waals surface area contributed by atoms with Crippen LogP contribution in [0.3, 0.4) is 0 Å². The molecule has 3 nitrogen and oxygen atoms in total. The van der Waals surface area contributed by atoms with Gasteiger partial charge in [0.25, 0.3) is 0 Å². The van der Waals surface area contributed by atoms with Crippen molar-refractivity contribution in [3.05, 3.63) is 57.3 Å². The number of hydrogen-bond donors (Lipinski definition) is 2. The second-order valence-corrected chi connectivity index (χ2v) is 6.15. The van der Waals surface area contributed by atoms with Gasteiger partial charge in [-0.15, -0.1) is 11.3 Å². The van der Waals surface area contributed by atoms with E-state index in [1.165, 1.54) is 21.6 Å². The zero-order chi connectivity index (χ0) is 13.9. The quantitative estimate of drug-likeness (QED) is 0.909. The van der Waals surface area contributed by atoms with Gasteiger partial charge in [-0.3, -0.25) is 4.79 Å². The summed E-state index contributed by atoms with van der Waals surface area (Å²) in [7, 11) is 0. The van der Waals surface area contributed by atoms with Gasteiger partial charge in [-0.25, -0.2) is 0 Å². The molecule has 1 atom stereocenters. The number of carbonyl (C=O) groups excluding carboxylic acids is 1. The van der Waals surface area contributed by atoms with Crippen LogP contribution in [0.25, 0.3) is 0 Å². The summed E-state index contributed by atoms with van der Waals surface area (Å²) in [6, 6.07) is 10.3. The van der Waals surface area contributed by atoms with Gasteiger partial charge >= 0.3 is 0 Å². The van der Waals surface area contributed by atoms with Crippen LogP contribution in [0.4, 0.5) is 0 Å². The van der Waals surface area contributed by atoms with Crippen molar-refractivity contribution in [3.8, 4) is 0 Å². The van der Waals surface area contributed by atoms with E-state index in [0.29, 0.717) is 6.54 Å². The van der Waals surface area contributed by atoms with Gasteiger partial charge in [-0.1, -0.05) is 24.3 Å². The zero-order valence-corrected chi connectivity index (χ0v) is 12.3. The van der Waals surface area contributed by atoms with Crippen molar-refractivity contribution < 1.29 is 4.79 Å². The van der Waals surface area contributed by atoms with Crippen molar-refractivity contribution in [2.75, 3.05) is 0 Å². The Hall–Kier alpha value is -1.65. The molecule has 0 saturated heterocycles. The molecule has 0 unspecified atom stereocenters. The third-order valence-corrected chi connectivity index (χ3v) is 4.81. The highest BCUT2D eigenvalue weighted by atomic mass is 32.1. The molecule has 0 bridgehead atoms. The van der Waals surface area contributed by atoms with Crippen molar-refractivity contribution in [3.63, 3.8) is 0 Å². The first kappa shape index (κ1) is 13.3. The maximum absolute atomic E-state index is 12.2. The molecule has 0 radical (unpaired) electrons. The molecule has 0 fully saturated rings. The fourth-order valence-corrected chi connectivity index (χ4v) is 3.36. The standard InChI is InChI=1S/C16H18N2OS/c1-11-6-7-20-15(11)10-18-16(19)14-8-12-4-2-3-5-13(12)9-17-14/h2-7,14,17H,8-10H2,1H3,(H,18,19)/t14-/m0/s1. The summed E-state index contributed by atoms with van der Waals surface area (Å²) in [6.45, 7) is 3.47. The van der Waals surface area contributed by atoms with Crippen molar-refractivity contribution >= 4 is 17.2 Å². The summed E-state index contributed by atoms with van der Waals surface area (Å²) < 4.78 is 0. The summed E-state index contributed by atoms with van der Waals surface area (Å²) in [5.41, 5.74) is 3.82. The number of fused-ring (bicyclic) bond motifs is 1. The summed E-state index contributed by atoms with van der Waals surface area (Å²) >= 11 is 1.69. The van der Waals surface area contributed by atoms with E-state index >= 15 is 0 Å². The monoisotopic (exact) mass is 286 g/mol. The van der Waals surface area contributed by atoms with Crippen LogP contribution in [0.1, 0.15) is 21.6 Å². The Morgan fingerprint density at radius 2 is 2.15 bits per heavy atom. The third-order valence-electron chi connectivity index (χ3n) is 3.79. The maximum atomic E-state index is 12.2. The molecule has 1 aromatic carbocycles. The second-order valence-electron chi connectivity index (χ2n) is 5.15. The lowest BCUT2D eigenvalue weighted by molar-refractivity contribution is -0.123. The van der Waals surface area contributed by atoms with E-state index in [9.17, 15) is 4.79 Å². The topological polar surface area (TPSA) is 41.1 Å². The number of thiophene rings is 1. The van der Waals surface area contributed by atoms with Gasteiger partial charge in [-0.05, 0) is 41.5 Å². The molecule has 1 aliphatic rings. The predicted octanol–water partition coefficient (Wildman–Crippen LogP) is 2.39. The Labute approximate surface area is 123 Å². The van der Waals surface area contributed by atoms with E-state index in [0.717, 1.165) is 13.0 Å². The van der Waals surface area contributed by atoms with E-state index in [1.807, 2.05) is 12.1 Å². The zero-order valence-electron chi connectivity index (χ0n) is 11.5. The summed E-state index contributed by atoms with van der Waals surface area (Å²) in [5.74, 6) is 0.0901. The lowest BCUT2D eigenvalue weighted by atomic mass is 9.95. The molecule has 104 valence electrons. The third kappa shape index (κ3) is 2.76. The Morgan fingerprint density at radius 1 is 1.35 bits per heavy atom. The summed E-state index contributed by atoms with van der Waals surface area (Å²) in [6.07, 6.45) is 0.769. The number of benzene rings is 1. The van der Waals surface area contributed by atoms with Gasteiger partial charge in [-0.2, -0.15) is 0 Å². The van der Waals surface area contributed by atoms with Crippen molar-refractivity contribution in [1.82, 2.24) is 10.6 Å².